The van der Waals surface area contributed by atoms with Gasteiger partial charge in [0.25, 0.3) is 16.0 Å². The van der Waals surface area contributed by atoms with E-state index in [2.05, 4.69) is 19.2 Å². The summed E-state index contributed by atoms with van der Waals surface area (Å²) in [5.41, 5.74) is -1.81. The zero-order chi connectivity index (χ0) is 29.3. The second kappa shape index (κ2) is 20.5. The topological polar surface area (TPSA) is 179 Å². The third-order valence-electron chi connectivity index (χ3n) is 6.83. The summed E-state index contributed by atoms with van der Waals surface area (Å²) in [7, 11) is -5.16. The molecule has 0 bridgehead atoms. The van der Waals surface area contributed by atoms with Crippen LogP contribution in [0.4, 0.5) is 4.79 Å². The number of unbranched alkanes of at least 4 members (excludes halogenated alkanes) is 10. The van der Waals surface area contributed by atoms with E-state index in [0.717, 1.165) is 64.2 Å². The molecule has 1 atom stereocenters. The molecule has 1 saturated heterocycles. The molecule has 1 heterocycles. The van der Waals surface area contributed by atoms with Crippen molar-refractivity contribution >= 4 is 34.1 Å². The standard InChI is InChI=1S/C26H46N2O10S.Na/c1-3-5-7-9-11-13-15-26(16-14-12-10-8-6-4-2,24(32)27-20-28-17-18-37-25(28)33)38-23(31)21(19-22(29)30)39(34,35)36;/h21H,3-20H2,1-2H3,(H,27,32)(H,29,30)(H,34,35,36);/q;+1/p-1. The summed E-state index contributed by atoms with van der Waals surface area (Å²) in [6, 6.07) is 0. The van der Waals surface area contributed by atoms with Gasteiger partial charge in [0.15, 0.2) is 10.9 Å². The van der Waals surface area contributed by atoms with Crippen LogP contribution in [0.2, 0.25) is 0 Å². The number of carboxylic acid groups (broad SMARTS) is 1. The van der Waals surface area contributed by atoms with Crippen LogP contribution < -0.4 is 40.0 Å². The van der Waals surface area contributed by atoms with Crippen LogP contribution in [0.5, 0.6) is 0 Å². The molecule has 1 rings (SSSR count). The molecule has 14 heteroatoms. The number of hydrogen-bond donors (Lipinski definition) is 2. The maximum atomic E-state index is 13.6. The molecule has 1 fully saturated rings. The van der Waals surface area contributed by atoms with E-state index in [-0.39, 0.29) is 62.2 Å². The van der Waals surface area contributed by atoms with Crippen molar-refractivity contribution in [3.63, 3.8) is 0 Å². The largest absolute Gasteiger partial charge is 1.00 e. The Bertz CT molecular complexity index is 884. The van der Waals surface area contributed by atoms with Gasteiger partial charge in [-0.2, -0.15) is 8.42 Å². The fraction of sp³-hybridized carbons (Fsp3) is 0.846. The number of nitrogens with zero attached hydrogens (tertiary/aromatic N) is 1. The van der Waals surface area contributed by atoms with Crippen LogP contribution in [0.15, 0.2) is 0 Å². The van der Waals surface area contributed by atoms with Crippen molar-refractivity contribution in [2.45, 2.75) is 121 Å². The number of carbonyl (C=O) groups excluding carboxylic acids is 4. The molecule has 40 heavy (non-hydrogen) atoms. The first-order valence-corrected chi connectivity index (χ1v) is 15.6. The number of hydrogen-bond acceptors (Lipinski definition) is 9. The van der Waals surface area contributed by atoms with E-state index in [1.165, 1.54) is 4.90 Å². The fourth-order valence-electron chi connectivity index (χ4n) is 4.50. The molecule has 0 aromatic carbocycles. The predicted molar refractivity (Wildman–Crippen MR) is 141 cm³/mol. The first-order chi connectivity index (χ1) is 18.5. The average molecular weight is 601 g/mol. The predicted octanol–water partition coefficient (Wildman–Crippen LogP) is -0.304. The number of ether oxygens (including phenoxy) is 2. The Labute approximate surface area is 260 Å². The van der Waals surface area contributed by atoms with Crippen molar-refractivity contribution in [3.8, 4) is 0 Å². The molecule has 2 amide bonds. The molecule has 0 radical (unpaired) electrons. The van der Waals surface area contributed by atoms with E-state index >= 15 is 0 Å². The molecule has 1 aliphatic rings. The van der Waals surface area contributed by atoms with Crippen LogP contribution in [0.1, 0.15) is 110 Å². The number of carboxylic acids is 1. The molecule has 1 unspecified atom stereocenters. The zero-order valence-corrected chi connectivity index (χ0v) is 27.1. The first-order valence-electron chi connectivity index (χ1n) is 14.1. The molecule has 0 aliphatic carbocycles. The second-order valence-corrected chi connectivity index (χ2v) is 11.7. The van der Waals surface area contributed by atoms with Crippen molar-refractivity contribution in [2.24, 2.45) is 0 Å². The minimum Gasteiger partial charge on any atom is -0.550 e. The summed E-state index contributed by atoms with van der Waals surface area (Å²) in [4.78, 5) is 50.8. The molecule has 1 aliphatic heterocycles. The van der Waals surface area contributed by atoms with E-state index in [1.54, 1.807) is 0 Å². The van der Waals surface area contributed by atoms with E-state index < -0.39 is 51.3 Å². The van der Waals surface area contributed by atoms with E-state index in [0.29, 0.717) is 12.8 Å². The van der Waals surface area contributed by atoms with E-state index in [4.69, 9.17) is 9.47 Å². The Morgan fingerprint density at radius 2 is 1.50 bits per heavy atom. The Balaban J connectivity index is 0.0000152. The Morgan fingerprint density at radius 1 is 1.00 bits per heavy atom. The summed E-state index contributed by atoms with van der Waals surface area (Å²) in [6.45, 7) is 4.40. The third kappa shape index (κ3) is 14.5. The zero-order valence-electron chi connectivity index (χ0n) is 24.3. The first kappa shape index (κ1) is 38.6. The molecular weight excluding hydrogens is 555 g/mol. The van der Waals surface area contributed by atoms with Crippen LogP contribution in [0, 0.1) is 0 Å². The maximum absolute atomic E-state index is 13.6. The van der Waals surface area contributed by atoms with Gasteiger partial charge in [0.1, 0.15) is 6.61 Å². The third-order valence-corrected chi connectivity index (χ3v) is 7.91. The van der Waals surface area contributed by atoms with Gasteiger partial charge in [0, 0.05) is 12.4 Å². The van der Waals surface area contributed by atoms with Crippen LogP contribution in [0.25, 0.3) is 0 Å². The monoisotopic (exact) mass is 600 g/mol. The number of rotatable bonds is 22. The summed E-state index contributed by atoms with van der Waals surface area (Å²) >= 11 is 0. The van der Waals surface area contributed by atoms with Crippen molar-refractivity contribution in [3.05, 3.63) is 0 Å². The fourth-order valence-corrected chi connectivity index (χ4v) is 5.14. The van der Waals surface area contributed by atoms with E-state index in [9.17, 15) is 37.3 Å². The average Bonchev–Trinajstić information content (AvgIpc) is 3.28. The van der Waals surface area contributed by atoms with Gasteiger partial charge in [-0.15, -0.1) is 0 Å². The van der Waals surface area contributed by atoms with Crippen LogP contribution in [-0.4, -0.2) is 72.5 Å². The van der Waals surface area contributed by atoms with Gasteiger partial charge in [-0.3, -0.25) is 19.0 Å². The van der Waals surface area contributed by atoms with Crippen LogP contribution >= 0.6 is 0 Å². The Kier molecular flexibility index (Phi) is 19.7. The SMILES string of the molecule is CCCCCCCCC(CCCCCCCC)(OC(=O)C(CC(=O)[O-])S(=O)(=O)O)C(=O)NCN1CCOC1=O.[Na+]. The Morgan fingerprint density at radius 3 is 1.93 bits per heavy atom. The summed E-state index contributed by atoms with van der Waals surface area (Å²) in [6.07, 6.45) is 8.69. The van der Waals surface area contributed by atoms with Gasteiger partial charge in [-0.1, -0.05) is 78.1 Å². The molecule has 12 nitrogen and oxygen atoms in total. The Hall–Kier alpha value is -1.41. The normalized spacial score (nSPS) is 14.3. The quantitative estimate of drug-likeness (QED) is 0.0725. The number of carbonyl (C=O) groups is 4. The van der Waals surface area contributed by atoms with Gasteiger partial charge in [0.2, 0.25) is 0 Å². The summed E-state index contributed by atoms with van der Waals surface area (Å²) in [5, 5.41) is 11.3. The van der Waals surface area contributed by atoms with Gasteiger partial charge < -0.3 is 24.7 Å². The van der Waals surface area contributed by atoms with Crippen molar-refractivity contribution < 1.29 is 76.3 Å². The van der Waals surface area contributed by atoms with Gasteiger partial charge in [-0.25, -0.2) is 4.79 Å². The maximum Gasteiger partial charge on any atom is 1.00 e. The molecule has 2 N–H and O–H groups in total. The van der Waals surface area contributed by atoms with Crippen LogP contribution in [0.3, 0.4) is 0 Å². The molecule has 0 spiro atoms. The van der Waals surface area contributed by atoms with Crippen LogP contribution in [-0.2, 0) is 34.0 Å². The summed E-state index contributed by atoms with van der Waals surface area (Å²) in [5.74, 6) is -4.13. The summed E-state index contributed by atoms with van der Waals surface area (Å²) < 4.78 is 43.6. The minimum atomic E-state index is -5.16. The second-order valence-electron chi connectivity index (χ2n) is 10.1. The smallest absolute Gasteiger partial charge is 0.550 e. The molecule has 0 aromatic heterocycles. The molecule has 0 aromatic rings. The van der Waals surface area contributed by atoms with Crippen molar-refractivity contribution in [1.82, 2.24) is 10.2 Å². The number of nitrogens with one attached hydrogen (secondary N) is 1. The van der Waals surface area contributed by atoms with E-state index in [1.807, 2.05) is 0 Å². The number of amides is 2. The number of esters is 1. The number of cyclic esters (lactones) is 1. The van der Waals surface area contributed by atoms with Gasteiger partial charge in [-0.05, 0) is 25.7 Å². The number of aliphatic carboxylic acids is 1. The minimum absolute atomic E-state index is 0. The van der Waals surface area contributed by atoms with Crippen molar-refractivity contribution in [2.75, 3.05) is 19.8 Å². The van der Waals surface area contributed by atoms with Gasteiger partial charge in [0.05, 0.1) is 13.2 Å². The van der Waals surface area contributed by atoms with Crippen molar-refractivity contribution in [1.29, 1.82) is 0 Å². The molecule has 226 valence electrons. The molecule has 0 saturated carbocycles. The van der Waals surface area contributed by atoms with Gasteiger partial charge >= 0.3 is 41.6 Å². The molecular formula is C26H45N2NaO10S.